The summed E-state index contributed by atoms with van der Waals surface area (Å²) in [6.45, 7) is 0.384. The Labute approximate surface area is 167 Å². The molecule has 0 spiro atoms. The molecular formula is C20H19ClN4O3. The number of methoxy groups -OCH3 is 1. The van der Waals surface area contributed by atoms with Gasteiger partial charge >= 0.3 is 0 Å². The van der Waals surface area contributed by atoms with E-state index in [0.29, 0.717) is 28.7 Å². The molecule has 1 amide bonds. The second-order valence-electron chi connectivity index (χ2n) is 5.80. The number of rotatable bonds is 6. The molecule has 0 saturated heterocycles. The normalized spacial score (nSPS) is 11.1. The molecule has 0 fully saturated rings. The first-order valence-corrected chi connectivity index (χ1v) is 8.77. The Bertz CT molecular complexity index is 970. The molecule has 0 bridgehead atoms. The highest BCUT2D eigenvalue weighted by molar-refractivity contribution is 6.32. The summed E-state index contributed by atoms with van der Waals surface area (Å²) in [5, 5.41) is 6.21. The van der Waals surface area contributed by atoms with Crippen molar-refractivity contribution in [3.8, 4) is 5.75 Å². The van der Waals surface area contributed by atoms with Gasteiger partial charge in [0.15, 0.2) is 11.7 Å². The van der Waals surface area contributed by atoms with Crippen molar-refractivity contribution in [2.45, 2.75) is 6.54 Å². The largest absolute Gasteiger partial charge is 0.495 e. The third-order valence-corrected chi connectivity index (χ3v) is 4.11. The van der Waals surface area contributed by atoms with Gasteiger partial charge in [0.2, 0.25) is 0 Å². The topological polar surface area (TPSA) is 102 Å². The predicted molar refractivity (Wildman–Crippen MR) is 110 cm³/mol. The van der Waals surface area contributed by atoms with Crippen molar-refractivity contribution in [1.82, 2.24) is 0 Å². The van der Waals surface area contributed by atoms with Crippen LogP contribution in [0, 0.1) is 0 Å². The number of carbonyl (C=O) groups is 1. The molecule has 144 valence electrons. The lowest BCUT2D eigenvalue weighted by molar-refractivity contribution is 0.0996. The van der Waals surface area contributed by atoms with Crippen LogP contribution in [-0.2, 0) is 6.54 Å². The Kier molecular flexibility index (Phi) is 6.18. The van der Waals surface area contributed by atoms with Gasteiger partial charge in [0.1, 0.15) is 5.75 Å². The fourth-order valence-electron chi connectivity index (χ4n) is 2.40. The molecule has 0 radical (unpaired) electrons. The van der Waals surface area contributed by atoms with Crippen LogP contribution in [0.1, 0.15) is 16.1 Å². The number of carbonyl (C=O) groups excluding carboxylic acids is 1. The minimum Gasteiger partial charge on any atom is -0.495 e. The van der Waals surface area contributed by atoms with E-state index in [1.54, 1.807) is 49.6 Å². The number of hydrogen-bond donors (Lipinski definition) is 3. The van der Waals surface area contributed by atoms with E-state index < -0.39 is 0 Å². The van der Waals surface area contributed by atoms with Crippen LogP contribution in [0.3, 0.4) is 0 Å². The van der Waals surface area contributed by atoms with Crippen LogP contribution in [0.15, 0.2) is 70.3 Å². The Balaban J connectivity index is 1.56. The molecule has 0 saturated carbocycles. The zero-order valence-corrected chi connectivity index (χ0v) is 15.9. The van der Waals surface area contributed by atoms with E-state index in [2.05, 4.69) is 15.6 Å². The maximum atomic E-state index is 11.9. The minimum atomic E-state index is -0.303. The summed E-state index contributed by atoms with van der Waals surface area (Å²) in [5.74, 6) is 0.798. The van der Waals surface area contributed by atoms with Gasteiger partial charge in [-0.1, -0.05) is 23.7 Å². The second-order valence-corrected chi connectivity index (χ2v) is 6.21. The van der Waals surface area contributed by atoms with E-state index in [-0.39, 0.29) is 17.6 Å². The van der Waals surface area contributed by atoms with Crippen LogP contribution < -0.4 is 21.1 Å². The smallest absolute Gasteiger partial charge is 0.291 e. The second kappa shape index (κ2) is 8.96. The number of nitrogens with two attached hydrogens (primary N) is 1. The first kappa shape index (κ1) is 19.3. The van der Waals surface area contributed by atoms with Crippen molar-refractivity contribution in [3.05, 3.63) is 77.2 Å². The van der Waals surface area contributed by atoms with Gasteiger partial charge in [-0.25, -0.2) is 4.99 Å². The molecule has 7 nitrogen and oxygen atoms in total. The number of benzene rings is 2. The Morgan fingerprint density at radius 2 is 1.89 bits per heavy atom. The van der Waals surface area contributed by atoms with Crippen LogP contribution >= 0.6 is 11.6 Å². The lowest BCUT2D eigenvalue weighted by Gasteiger charge is -2.08. The number of ether oxygens (including phenoxy) is 1. The molecule has 0 atom stereocenters. The molecule has 3 aromatic rings. The molecular weight excluding hydrogens is 380 g/mol. The monoisotopic (exact) mass is 398 g/mol. The van der Waals surface area contributed by atoms with E-state index in [1.165, 1.54) is 6.26 Å². The van der Waals surface area contributed by atoms with Crippen LogP contribution in [0.25, 0.3) is 0 Å². The van der Waals surface area contributed by atoms with Gasteiger partial charge in [-0.05, 0) is 48.0 Å². The summed E-state index contributed by atoms with van der Waals surface area (Å²) < 4.78 is 10.2. The molecule has 8 heteroatoms. The van der Waals surface area contributed by atoms with Gasteiger partial charge in [-0.3, -0.25) is 4.79 Å². The molecule has 2 aromatic carbocycles. The first-order valence-electron chi connectivity index (χ1n) is 8.39. The lowest BCUT2D eigenvalue weighted by Crippen LogP contribution is -2.22. The van der Waals surface area contributed by atoms with Crippen molar-refractivity contribution in [3.63, 3.8) is 0 Å². The van der Waals surface area contributed by atoms with Gasteiger partial charge < -0.3 is 25.5 Å². The van der Waals surface area contributed by atoms with E-state index in [0.717, 1.165) is 5.56 Å². The first-order chi connectivity index (χ1) is 13.5. The summed E-state index contributed by atoms with van der Waals surface area (Å²) in [6.07, 6.45) is 1.45. The van der Waals surface area contributed by atoms with E-state index >= 15 is 0 Å². The molecule has 28 heavy (non-hydrogen) atoms. The Morgan fingerprint density at radius 3 is 2.54 bits per heavy atom. The van der Waals surface area contributed by atoms with Gasteiger partial charge in [0, 0.05) is 11.4 Å². The summed E-state index contributed by atoms with van der Waals surface area (Å²) in [7, 11) is 1.55. The highest BCUT2D eigenvalue weighted by Gasteiger charge is 2.08. The highest BCUT2D eigenvalue weighted by Crippen LogP contribution is 2.27. The highest BCUT2D eigenvalue weighted by atomic mass is 35.5. The van der Waals surface area contributed by atoms with E-state index in [9.17, 15) is 4.79 Å². The molecule has 0 aliphatic rings. The van der Waals surface area contributed by atoms with Crippen molar-refractivity contribution < 1.29 is 13.9 Å². The third kappa shape index (κ3) is 5.05. The van der Waals surface area contributed by atoms with Crippen molar-refractivity contribution >= 4 is 34.8 Å². The zero-order chi connectivity index (χ0) is 19.9. The number of guanidine groups is 1. The summed E-state index contributed by atoms with van der Waals surface area (Å²) in [6, 6.07) is 15.8. The molecule has 4 N–H and O–H groups in total. The number of furan rings is 1. The standard InChI is InChI=1S/C20H19ClN4O3/c1-27-17-9-8-15(11-16(17)21)25-20(22)23-12-13-4-6-14(7-5-13)24-19(26)18-3-2-10-28-18/h2-11H,12H2,1H3,(H,24,26)(H3,22,23,25). The number of halogens is 1. The molecule has 3 rings (SSSR count). The SMILES string of the molecule is COc1ccc(NC(N)=NCc2ccc(NC(=O)c3ccco3)cc2)cc1Cl. The Hall–Kier alpha value is -3.45. The van der Waals surface area contributed by atoms with Crippen LogP contribution in [-0.4, -0.2) is 19.0 Å². The maximum Gasteiger partial charge on any atom is 0.291 e. The van der Waals surface area contributed by atoms with Crippen molar-refractivity contribution in [2.24, 2.45) is 10.7 Å². The van der Waals surface area contributed by atoms with Crippen LogP contribution in [0.4, 0.5) is 11.4 Å². The number of nitrogens with one attached hydrogen (secondary N) is 2. The van der Waals surface area contributed by atoms with Crippen molar-refractivity contribution in [2.75, 3.05) is 17.7 Å². The van der Waals surface area contributed by atoms with Gasteiger partial charge in [0.05, 0.1) is 24.9 Å². The quantitative estimate of drug-likeness (QED) is 0.428. The van der Waals surface area contributed by atoms with Gasteiger partial charge in [-0.2, -0.15) is 0 Å². The molecule has 0 aliphatic heterocycles. The third-order valence-electron chi connectivity index (χ3n) is 3.81. The fourth-order valence-corrected chi connectivity index (χ4v) is 2.66. The predicted octanol–water partition coefficient (Wildman–Crippen LogP) is 4.12. The maximum absolute atomic E-state index is 11.9. The van der Waals surface area contributed by atoms with Crippen molar-refractivity contribution in [1.29, 1.82) is 0 Å². The number of nitrogens with zero attached hydrogens (tertiary/aromatic N) is 1. The van der Waals surface area contributed by atoms with Gasteiger partial charge in [0.25, 0.3) is 5.91 Å². The number of anilines is 2. The number of hydrogen-bond acceptors (Lipinski definition) is 4. The molecule has 1 heterocycles. The minimum absolute atomic E-state index is 0.256. The van der Waals surface area contributed by atoms with Crippen LogP contribution in [0.5, 0.6) is 5.75 Å². The number of aliphatic imine (C=N–C) groups is 1. The molecule has 0 unspecified atom stereocenters. The average molecular weight is 399 g/mol. The van der Waals surface area contributed by atoms with Crippen LogP contribution in [0.2, 0.25) is 5.02 Å². The zero-order valence-electron chi connectivity index (χ0n) is 15.1. The van der Waals surface area contributed by atoms with Gasteiger partial charge in [-0.15, -0.1) is 0 Å². The fraction of sp³-hybridized carbons (Fsp3) is 0.100. The Morgan fingerprint density at radius 1 is 1.14 bits per heavy atom. The average Bonchev–Trinajstić information content (AvgIpc) is 3.23. The summed E-state index contributed by atoms with van der Waals surface area (Å²) in [4.78, 5) is 16.2. The molecule has 1 aromatic heterocycles. The number of amides is 1. The molecule has 0 aliphatic carbocycles. The summed E-state index contributed by atoms with van der Waals surface area (Å²) in [5.41, 5.74) is 8.23. The summed E-state index contributed by atoms with van der Waals surface area (Å²) >= 11 is 6.09. The lowest BCUT2D eigenvalue weighted by atomic mass is 10.2. The van der Waals surface area contributed by atoms with E-state index in [1.807, 2.05) is 12.1 Å². The van der Waals surface area contributed by atoms with E-state index in [4.69, 9.17) is 26.5 Å².